The standard InChI is InChI=1S/C19H36N4S/c1-5-22-12-14-23(15-13-22)11-10-20-17-21-18(3,4)19(24-17)8-6-16(2)7-9-19/h16H,5-15H2,1-4H3,(H,20,21). The van der Waals surface area contributed by atoms with E-state index in [9.17, 15) is 0 Å². The molecular formula is C19H36N4S. The Labute approximate surface area is 152 Å². The average molecular weight is 353 g/mol. The molecule has 24 heavy (non-hydrogen) atoms. The smallest absolute Gasteiger partial charge is 0.157 e. The van der Waals surface area contributed by atoms with Gasteiger partial charge in [-0.25, -0.2) is 0 Å². The van der Waals surface area contributed by atoms with Crippen LogP contribution in [0.15, 0.2) is 4.99 Å². The molecule has 0 amide bonds. The summed E-state index contributed by atoms with van der Waals surface area (Å²) >= 11 is 2.05. The van der Waals surface area contributed by atoms with Crippen molar-refractivity contribution in [1.82, 2.24) is 15.1 Å². The number of hydrogen-bond donors (Lipinski definition) is 1. The van der Waals surface area contributed by atoms with Crippen LogP contribution in [0.2, 0.25) is 0 Å². The molecule has 0 aromatic heterocycles. The number of likely N-dealkylation sites (N-methyl/N-ethyl adjacent to an activating group) is 1. The van der Waals surface area contributed by atoms with Gasteiger partial charge >= 0.3 is 0 Å². The molecule has 1 spiro atoms. The van der Waals surface area contributed by atoms with Crippen molar-refractivity contribution in [3.8, 4) is 0 Å². The number of rotatable bonds is 4. The Kier molecular flexibility index (Phi) is 5.83. The first kappa shape index (κ1) is 18.5. The summed E-state index contributed by atoms with van der Waals surface area (Å²) in [7, 11) is 0. The third-order valence-electron chi connectivity index (χ3n) is 6.52. The van der Waals surface area contributed by atoms with Crippen molar-refractivity contribution in [1.29, 1.82) is 0 Å². The van der Waals surface area contributed by atoms with Crippen LogP contribution in [0, 0.1) is 5.92 Å². The van der Waals surface area contributed by atoms with Crippen molar-refractivity contribution >= 4 is 16.9 Å². The highest BCUT2D eigenvalue weighted by Crippen LogP contribution is 2.52. The minimum Gasteiger partial charge on any atom is -0.359 e. The fourth-order valence-corrected chi connectivity index (χ4v) is 5.95. The molecule has 0 atom stereocenters. The van der Waals surface area contributed by atoms with E-state index in [-0.39, 0.29) is 5.54 Å². The normalized spacial score (nSPS) is 36.3. The van der Waals surface area contributed by atoms with Gasteiger partial charge in [0.25, 0.3) is 0 Å². The predicted octanol–water partition coefficient (Wildman–Crippen LogP) is 3.04. The van der Waals surface area contributed by atoms with Gasteiger partial charge in [-0.05, 0) is 52.0 Å². The second-order valence-electron chi connectivity index (χ2n) is 8.49. The molecule has 138 valence electrons. The SMILES string of the molecule is CCN1CCN(CCN=C2NC(C)(C)C3(CCC(C)CC3)S2)CC1. The van der Waals surface area contributed by atoms with Crippen LogP contribution in [0.5, 0.6) is 0 Å². The van der Waals surface area contributed by atoms with Crippen molar-refractivity contribution in [3.63, 3.8) is 0 Å². The fraction of sp³-hybridized carbons (Fsp3) is 0.947. The molecule has 5 heteroatoms. The second kappa shape index (κ2) is 7.55. The Hall–Kier alpha value is -0.260. The van der Waals surface area contributed by atoms with Crippen LogP contribution in [0.3, 0.4) is 0 Å². The highest BCUT2D eigenvalue weighted by Gasteiger charge is 2.53. The number of aliphatic imine (C=N–C) groups is 1. The predicted molar refractivity (Wildman–Crippen MR) is 106 cm³/mol. The van der Waals surface area contributed by atoms with E-state index < -0.39 is 0 Å². The highest BCUT2D eigenvalue weighted by molar-refractivity contribution is 8.15. The maximum absolute atomic E-state index is 4.93. The molecule has 2 saturated heterocycles. The molecule has 0 unspecified atom stereocenters. The quantitative estimate of drug-likeness (QED) is 0.842. The van der Waals surface area contributed by atoms with E-state index >= 15 is 0 Å². The fourth-order valence-electron chi connectivity index (χ4n) is 4.37. The number of nitrogens with one attached hydrogen (secondary N) is 1. The van der Waals surface area contributed by atoms with Crippen molar-refractivity contribution in [3.05, 3.63) is 0 Å². The Morgan fingerprint density at radius 1 is 1.12 bits per heavy atom. The number of nitrogens with zero attached hydrogens (tertiary/aromatic N) is 3. The van der Waals surface area contributed by atoms with Crippen LogP contribution in [0.1, 0.15) is 53.4 Å². The maximum Gasteiger partial charge on any atom is 0.157 e. The molecule has 3 aliphatic rings. The van der Waals surface area contributed by atoms with Crippen molar-refractivity contribution in [2.24, 2.45) is 10.9 Å². The van der Waals surface area contributed by atoms with Crippen LogP contribution >= 0.6 is 11.8 Å². The molecule has 0 radical (unpaired) electrons. The zero-order valence-electron chi connectivity index (χ0n) is 16.1. The summed E-state index contributed by atoms with van der Waals surface area (Å²) in [6, 6.07) is 0. The molecule has 3 rings (SSSR count). The lowest BCUT2D eigenvalue weighted by atomic mass is 9.73. The summed E-state index contributed by atoms with van der Waals surface area (Å²) in [5.41, 5.74) is 0.170. The number of thioether (sulfide) groups is 1. The summed E-state index contributed by atoms with van der Waals surface area (Å²) in [5.74, 6) is 0.898. The van der Waals surface area contributed by atoms with E-state index in [0.29, 0.717) is 4.75 Å². The van der Waals surface area contributed by atoms with E-state index in [4.69, 9.17) is 4.99 Å². The molecule has 0 bridgehead atoms. The van der Waals surface area contributed by atoms with Gasteiger partial charge in [0.15, 0.2) is 5.17 Å². The van der Waals surface area contributed by atoms with Crippen molar-refractivity contribution in [2.75, 3.05) is 45.8 Å². The number of amidine groups is 1. The molecule has 4 nitrogen and oxygen atoms in total. The minimum absolute atomic E-state index is 0.170. The second-order valence-corrected chi connectivity index (χ2v) is 9.86. The summed E-state index contributed by atoms with van der Waals surface area (Å²) in [6.07, 6.45) is 5.40. The molecule has 1 N–H and O–H groups in total. The molecular weight excluding hydrogens is 316 g/mol. The molecule has 0 aromatic carbocycles. The zero-order valence-corrected chi connectivity index (χ0v) is 16.9. The molecule has 2 aliphatic heterocycles. The Balaban J connectivity index is 1.50. The lowest BCUT2D eigenvalue weighted by molar-refractivity contribution is 0.140. The minimum atomic E-state index is 0.170. The van der Waals surface area contributed by atoms with Crippen LogP contribution in [-0.2, 0) is 0 Å². The maximum atomic E-state index is 4.93. The Morgan fingerprint density at radius 2 is 1.75 bits per heavy atom. The van der Waals surface area contributed by atoms with Crippen LogP contribution in [-0.4, -0.2) is 71.1 Å². The largest absolute Gasteiger partial charge is 0.359 e. The Morgan fingerprint density at radius 3 is 2.38 bits per heavy atom. The van der Waals surface area contributed by atoms with Crippen LogP contribution in [0.25, 0.3) is 0 Å². The molecule has 3 fully saturated rings. The first-order valence-electron chi connectivity index (χ1n) is 9.90. The van der Waals surface area contributed by atoms with Gasteiger partial charge in [-0.2, -0.15) is 0 Å². The zero-order chi connectivity index (χ0) is 17.2. The van der Waals surface area contributed by atoms with Gasteiger partial charge in [-0.3, -0.25) is 9.89 Å². The van der Waals surface area contributed by atoms with Gasteiger partial charge in [-0.15, -0.1) is 0 Å². The first-order valence-corrected chi connectivity index (χ1v) is 10.7. The topological polar surface area (TPSA) is 30.9 Å². The first-order chi connectivity index (χ1) is 11.4. The summed E-state index contributed by atoms with van der Waals surface area (Å²) < 4.78 is 0.366. The van der Waals surface area contributed by atoms with E-state index in [1.165, 1.54) is 63.6 Å². The van der Waals surface area contributed by atoms with Crippen molar-refractivity contribution in [2.45, 2.75) is 63.7 Å². The van der Waals surface area contributed by atoms with E-state index in [1.54, 1.807) is 0 Å². The summed E-state index contributed by atoms with van der Waals surface area (Å²) in [4.78, 5) is 10.0. The summed E-state index contributed by atoms with van der Waals surface area (Å²) in [6.45, 7) is 17.5. The van der Waals surface area contributed by atoms with Gasteiger partial charge < -0.3 is 10.2 Å². The molecule has 2 heterocycles. The molecule has 0 aromatic rings. The third kappa shape index (κ3) is 3.94. The van der Waals surface area contributed by atoms with Crippen LogP contribution < -0.4 is 5.32 Å². The lowest BCUT2D eigenvalue weighted by Crippen LogP contribution is -2.52. The molecule has 1 aliphatic carbocycles. The number of hydrogen-bond acceptors (Lipinski definition) is 4. The van der Waals surface area contributed by atoms with E-state index in [1.807, 2.05) is 11.8 Å². The van der Waals surface area contributed by atoms with Crippen LogP contribution in [0.4, 0.5) is 0 Å². The van der Waals surface area contributed by atoms with Gasteiger partial charge in [0.2, 0.25) is 0 Å². The summed E-state index contributed by atoms with van der Waals surface area (Å²) in [5, 5.41) is 4.94. The van der Waals surface area contributed by atoms with Gasteiger partial charge in [-0.1, -0.05) is 25.6 Å². The monoisotopic (exact) mass is 352 g/mol. The third-order valence-corrected chi connectivity index (χ3v) is 8.25. The lowest BCUT2D eigenvalue weighted by Gasteiger charge is -2.43. The van der Waals surface area contributed by atoms with Gasteiger partial charge in [0, 0.05) is 43.0 Å². The molecule has 1 saturated carbocycles. The Bertz CT molecular complexity index is 446. The van der Waals surface area contributed by atoms with Gasteiger partial charge in [0.1, 0.15) is 0 Å². The number of piperazine rings is 1. The van der Waals surface area contributed by atoms with Crippen molar-refractivity contribution < 1.29 is 0 Å². The van der Waals surface area contributed by atoms with E-state index in [2.05, 4.69) is 42.8 Å². The highest BCUT2D eigenvalue weighted by atomic mass is 32.2. The van der Waals surface area contributed by atoms with Gasteiger partial charge in [0.05, 0.1) is 6.54 Å². The van der Waals surface area contributed by atoms with E-state index in [0.717, 1.165) is 19.0 Å². The average Bonchev–Trinajstić information content (AvgIpc) is 2.81.